The maximum absolute atomic E-state index is 13.6. The van der Waals surface area contributed by atoms with E-state index in [0.717, 1.165) is 25.2 Å². The van der Waals surface area contributed by atoms with Crippen molar-refractivity contribution in [2.75, 3.05) is 23.7 Å². The molecule has 0 bridgehead atoms. The highest BCUT2D eigenvalue weighted by Gasteiger charge is 2.33. The largest absolute Gasteiger partial charge is 0.481 e. The van der Waals surface area contributed by atoms with E-state index in [1.807, 2.05) is 0 Å². The molecule has 4 rings (SSSR count). The van der Waals surface area contributed by atoms with E-state index in [-0.39, 0.29) is 16.1 Å². The number of para-hydroxylation sites is 1. The molecule has 2 aromatic carbocycles. The smallest absolute Gasteiger partial charge is 0.305 e. The summed E-state index contributed by atoms with van der Waals surface area (Å²) in [5.74, 6) is -1.10. The minimum absolute atomic E-state index is 0.0599. The lowest BCUT2D eigenvalue weighted by atomic mass is 10.1. The van der Waals surface area contributed by atoms with Gasteiger partial charge in [0.25, 0.3) is 5.91 Å². The lowest BCUT2D eigenvalue weighted by molar-refractivity contribution is -0.137. The maximum Gasteiger partial charge on any atom is 0.305 e. The molecule has 1 aliphatic rings. The third kappa shape index (κ3) is 5.87. The van der Waals surface area contributed by atoms with Gasteiger partial charge < -0.3 is 21.1 Å². The van der Waals surface area contributed by atoms with Crippen molar-refractivity contribution in [1.82, 2.24) is 10.3 Å². The molecular formula is C25H25N5O5S. The Hall–Kier alpha value is -4.25. The molecular weight excluding hydrogens is 482 g/mol. The Balaban J connectivity index is 1.57. The molecule has 1 unspecified atom stereocenters. The number of guanidine groups is 1. The van der Waals surface area contributed by atoms with Gasteiger partial charge in [-0.3, -0.25) is 19.6 Å². The monoisotopic (exact) mass is 507 g/mol. The van der Waals surface area contributed by atoms with Crippen LogP contribution in [0.1, 0.15) is 34.0 Å². The van der Waals surface area contributed by atoms with Crippen molar-refractivity contribution in [1.29, 1.82) is 0 Å². The molecule has 1 aromatic heterocycles. The van der Waals surface area contributed by atoms with Crippen LogP contribution in [0.15, 0.2) is 82.9 Å². The fourth-order valence-electron chi connectivity index (χ4n) is 3.76. The van der Waals surface area contributed by atoms with Gasteiger partial charge in [0.05, 0.1) is 17.0 Å². The molecule has 186 valence electrons. The number of sulfone groups is 1. The molecule has 11 heteroatoms. The summed E-state index contributed by atoms with van der Waals surface area (Å²) >= 11 is 0. The molecule has 0 saturated heterocycles. The highest BCUT2D eigenvalue weighted by molar-refractivity contribution is 7.91. The average Bonchev–Trinajstić information content (AvgIpc) is 2.89. The number of benzene rings is 2. The van der Waals surface area contributed by atoms with Crippen molar-refractivity contribution >= 4 is 39.0 Å². The first-order chi connectivity index (χ1) is 17.3. The molecule has 1 atom stereocenters. The van der Waals surface area contributed by atoms with Crippen molar-refractivity contribution in [2.45, 2.75) is 23.0 Å². The zero-order valence-corrected chi connectivity index (χ0v) is 20.0. The first-order valence-electron chi connectivity index (χ1n) is 11.3. The van der Waals surface area contributed by atoms with E-state index >= 15 is 0 Å². The Morgan fingerprint density at radius 1 is 1.06 bits per heavy atom. The van der Waals surface area contributed by atoms with Crippen LogP contribution in [0.25, 0.3) is 0 Å². The standard InChI is InChI=1S/C25H25N5O5S/c31-23(32)15-22(18-5-3-12-26-16-18)36(34,35)21-7-2-1-6-20(21)30-24(33)17-8-10-19(11-9-17)29-25-27-13-4-14-28-25/h1-3,5-12,16,22H,4,13-15H2,(H,30,33)(H,31,32)(H2,27,28,29). The van der Waals surface area contributed by atoms with Crippen molar-refractivity contribution in [3.05, 3.63) is 84.2 Å². The summed E-state index contributed by atoms with van der Waals surface area (Å²) < 4.78 is 27.1. The van der Waals surface area contributed by atoms with Crippen LogP contribution >= 0.6 is 0 Å². The number of pyridine rings is 1. The van der Waals surface area contributed by atoms with Gasteiger partial charge in [0.2, 0.25) is 0 Å². The average molecular weight is 508 g/mol. The van der Waals surface area contributed by atoms with Crippen LogP contribution in [-0.4, -0.2) is 49.4 Å². The van der Waals surface area contributed by atoms with Gasteiger partial charge >= 0.3 is 5.97 Å². The summed E-state index contributed by atoms with van der Waals surface area (Å²) in [6, 6.07) is 15.7. The van der Waals surface area contributed by atoms with Crippen molar-refractivity contribution in [3.8, 4) is 0 Å². The summed E-state index contributed by atoms with van der Waals surface area (Å²) in [6.07, 6.45) is 3.13. The van der Waals surface area contributed by atoms with Gasteiger partial charge in [0.15, 0.2) is 15.8 Å². The number of hydrogen-bond donors (Lipinski definition) is 4. The number of nitrogens with zero attached hydrogens (tertiary/aromatic N) is 2. The van der Waals surface area contributed by atoms with Crippen LogP contribution in [0.2, 0.25) is 0 Å². The zero-order chi connectivity index (χ0) is 25.5. The van der Waals surface area contributed by atoms with E-state index in [1.165, 1.54) is 36.7 Å². The number of nitrogens with one attached hydrogen (secondary N) is 3. The lowest BCUT2D eigenvalue weighted by Crippen LogP contribution is -2.35. The van der Waals surface area contributed by atoms with Gasteiger partial charge in [0.1, 0.15) is 5.25 Å². The molecule has 0 aliphatic carbocycles. The molecule has 1 amide bonds. The van der Waals surface area contributed by atoms with Crippen LogP contribution in [0.4, 0.5) is 11.4 Å². The Morgan fingerprint density at radius 2 is 1.83 bits per heavy atom. The number of carbonyl (C=O) groups is 2. The number of aliphatic imine (C=N–C) groups is 1. The summed E-state index contributed by atoms with van der Waals surface area (Å²) in [7, 11) is -4.20. The number of carboxylic acids is 1. The van der Waals surface area contributed by atoms with E-state index in [1.54, 1.807) is 36.4 Å². The molecule has 0 radical (unpaired) electrons. The minimum Gasteiger partial charge on any atom is -0.481 e. The van der Waals surface area contributed by atoms with E-state index in [4.69, 9.17) is 0 Å². The highest BCUT2D eigenvalue weighted by atomic mass is 32.2. The predicted octanol–water partition coefficient (Wildman–Crippen LogP) is 3.08. The molecule has 10 nitrogen and oxygen atoms in total. The number of carboxylic acid groups (broad SMARTS) is 1. The van der Waals surface area contributed by atoms with Crippen LogP contribution in [0.3, 0.4) is 0 Å². The molecule has 1 aliphatic heterocycles. The molecule has 0 saturated carbocycles. The molecule has 3 aromatic rings. The maximum atomic E-state index is 13.6. The van der Waals surface area contributed by atoms with E-state index in [2.05, 4.69) is 25.9 Å². The van der Waals surface area contributed by atoms with Gasteiger partial charge in [0, 0.05) is 36.7 Å². The number of rotatable bonds is 8. The first kappa shape index (κ1) is 24.9. The second-order valence-corrected chi connectivity index (χ2v) is 10.2. The first-order valence-corrected chi connectivity index (χ1v) is 12.8. The Morgan fingerprint density at radius 3 is 2.50 bits per heavy atom. The van der Waals surface area contributed by atoms with Crippen LogP contribution in [-0.2, 0) is 14.6 Å². The fraction of sp³-hybridized carbons (Fsp3) is 0.200. The Bertz CT molecular complexity index is 1380. The van der Waals surface area contributed by atoms with E-state index in [9.17, 15) is 23.1 Å². The van der Waals surface area contributed by atoms with Gasteiger partial charge in [-0.1, -0.05) is 18.2 Å². The summed E-state index contributed by atoms with van der Waals surface area (Å²) in [6.45, 7) is 1.58. The number of aromatic nitrogens is 1. The molecule has 36 heavy (non-hydrogen) atoms. The number of carbonyl (C=O) groups excluding carboxylic acids is 1. The SMILES string of the molecule is O=C(O)CC(c1cccnc1)S(=O)(=O)c1ccccc1NC(=O)c1ccc(NC2=NCCCN2)cc1. The molecule has 2 heterocycles. The van der Waals surface area contributed by atoms with Crippen LogP contribution < -0.4 is 16.0 Å². The minimum atomic E-state index is -4.20. The number of anilines is 2. The number of amides is 1. The van der Waals surface area contributed by atoms with Crippen LogP contribution in [0.5, 0.6) is 0 Å². The highest BCUT2D eigenvalue weighted by Crippen LogP contribution is 2.35. The summed E-state index contributed by atoms with van der Waals surface area (Å²) in [5.41, 5.74) is 1.38. The summed E-state index contributed by atoms with van der Waals surface area (Å²) in [5, 5.41) is 17.0. The van der Waals surface area contributed by atoms with Gasteiger partial charge in [-0.05, 0) is 54.4 Å². The van der Waals surface area contributed by atoms with Crippen molar-refractivity contribution in [3.63, 3.8) is 0 Å². The van der Waals surface area contributed by atoms with Gasteiger partial charge in [-0.15, -0.1) is 0 Å². The topological polar surface area (TPSA) is 150 Å². The zero-order valence-electron chi connectivity index (χ0n) is 19.2. The van der Waals surface area contributed by atoms with Crippen molar-refractivity contribution < 1.29 is 23.1 Å². The van der Waals surface area contributed by atoms with Crippen molar-refractivity contribution in [2.24, 2.45) is 4.99 Å². The molecule has 0 spiro atoms. The lowest BCUT2D eigenvalue weighted by Gasteiger charge is -2.19. The third-order valence-corrected chi connectivity index (χ3v) is 7.70. The second kappa shape index (κ2) is 11.0. The Kier molecular flexibility index (Phi) is 7.59. The van der Waals surface area contributed by atoms with Crippen LogP contribution in [0, 0.1) is 0 Å². The van der Waals surface area contributed by atoms with Gasteiger partial charge in [-0.2, -0.15) is 0 Å². The summed E-state index contributed by atoms with van der Waals surface area (Å²) in [4.78, 5) is 32.5. The normalized spacial score (nSPS) is 14.2. The third-order valence-electron chi connectivity index (χ3n) is 5.54. The second-order valence-electron chi connectivity index (χ2n) is 8.08. The predicted molar refractivity (Wildman–Crippen MR) is 136 cm³/mol. The Labute approximate surface area is 208 Å². The molecule has 0 fully saturated rings. The van der Waals surface area contributed by atoms with E-state index in [0.29, 0.717) is 11.5 Å². The number of hydrogen-bond acceptors (Lipinski definition) is 8. The van der Waals surface area contributed by atoms with Gasteiger partial charge in [-0.25, -0.2) is 8.42 Å². The molecule has 4 N–H and O–H groups in total. The fourth-order valence-corrected chi connectivity index (χ4v) is 5.62. The van der Waals surface area contributed by atoms with E-state index < -0.39 is 33.4 Å². The number of aliphatic carboxylic acids is 1. The quantitative estimate of drug-likeness (QED) is 0.363.